The molecule has 0 aromatic heterocycles. The molecular weight excluding hydrogens is 358 g/mol. The Morgan fingerprint density at radius 1 is 1.35 bits per heavy atom. The minimum atomic E-state index is -3.64. The van der Waals surface area contributed by atoms with Crippen molar-refractivity contribution in [2.45, 2.75) is 24.7 Å². The molecule has 0 spiro atoms. The van der Waals surface area contributed by atoms with E-state index >= 15 is 0 Å². The number of esters is 1. The number of nitrogens with one attached hydrogen (secondary N) is 1. The Kier molecular flexibility index (Phi) is 5.26. The molecule has 0 saturated carbocycles. The molecule has 26 heavy (non-hydrogen) atoms. The Morgan fingerprint density at radius 2 is 2.12 bits per heavy atom. The van der Waals surface area contributed by atoms with E-state index in [1.54, 1.807) is 23.1 Å². The van der Waals surface area contributed by atoms with Gasteiger partial charge in [0.1, 0.15) is 12.4 Å². The van der Waals surface area contributed by atoms with Crippen LogP contribution in [0.3, 0.4) is 0 Å². The molecule has 1 atom stereocenters. The monoisotopic (exact) mass is 379 g/mol. The van der Waals surface area contributed by atoms with Crippen molar-refractivity contribution in [3.8, 4) is 0 Å². The summed E-state index contributed by atoms with van der Waals surface area (Å²) in [6.45, 7) is 2.76. The number of likely N-dealkylation sites (tertiary alicyclic amines) is 1. The van der Waals surface area contributed by atoms with E-state index in [2.05, 4.69) is 16.6 Å². The number of amidine groups is 1. The molecule has 0 bridgehead atoms. The molecule has 2 heterocycles. The van der Waals surface area contributed by atoms with E-state index in [1.807, 2.05) is 0 Å². The highest BCUT2D eigenvalue weighted by molar-refractivity contribution is 7.90. The van der Waals surface area contributed by atoms with E-state index in [9.17, 15) is 18.0 Å². The van der Waals surface area contributed by atoms with Gasteiger partial charge in [-0.2, -0.15) is 0 Å². The van der Waals surface area contributed by atoms with Crippen molar-refractivity contribution in [3.05, 3.63) is 29.8 Å². The van der Waals surface area contributed by atoms with Gasteiger partial charge in [-0.3, -0.25) is 19.3 Å². The number of amides is 1. The van der Waals surface area contributed by atoms with Crippen LogP contribution in [0.2, 0.25) is 0 Å². The fraction of sp³-hybridized carbons (Fsp3) is 0.471. The Bertz CT molecular complexity index is 850. The Labute approximate surface area is 152 Å². The summed E-state index contributed by atoms with van der Waals surface area (Å²) in [5.41, 5.74) is 0.415. The van der Waals surface area contributed by atoms with Gasteiger partial charge < -0.3 is 9.64 Å². The number of hydrogen-bond acceptors (Lipinski definition) is 6. The van der Waals surface area contributed by atoms with Crippen molar-refractivity contribution in [1.29, 1.82) is 0 Å². The van der Waals surface area contributed by atoms with E-state index in [0.717, 1.165) is 12.8 Å². The minimum absolute atomic E-state index is 0.105. The van der Waals surface area contributed by atoms with Crippen LogP contribution in [0, 0.1) is 5.92 Å². The second-order valence-corrected chi connectivity index (χ2v) is 8.17. The van der Waals surface area contributed by atoms with Crippen molar-refractivity contribution in [2.75, 3.05) is 26.2 Å². The van der Waals surface area contributed by atoms with Gasteiger partial charge in [0.15, 0.2) is 6.61 Å². The molecule has 0 radical (unpaired) electrons. The zero-order chi connectivity index (χ0) is 18.7. The van der Waals surface area contributed by atoms with Crippen LogP contribution < -0.4 is 4.72 Å². The number of aliphatic imine (C=N–C) groups is 1. The highest BCUT2D eigenvalue weighted by atomic mass is 32.2. The molecule has 140 valence electrons. The maximum Gasteiger partial charge on any atom is 0.328 e. The number of ether oxygens (including phenoxy) is 1. The summed E-state index contributed by atoms with van der Waals surface area (Å²) in [7, 11) is -3.64. The van der Waals surface area contributed by atoms with Gasteiger partial charge in [-0.15, -0.1) is 0 Å². The van der Waals surface area contributed by atoms with Gasteiger partial charge in [-0.05, 0) is 30.9 Å². The van der Waals surface area contributed by atoms with Crippen molar-refractivity contribution >= 4 is 27.7 Å². The number of sulfonamides is 1. The summed E-state index contributed by atoms with van der Waals surface area (Å²) in [4.78, 5) is 29.7. The first-order valence-corrected chi connectivity index (χ1v) is 9.95. The number of nitrogens with zero attached hydrogens (tertiary/aromatic N) is 2. The van der Waals surface area contributed by atoms with Crippen LogP contribution in [-0.2, 0) is 24.3 Å². The smallest absolute Gasteiger partial charge is 0.328 e. The van der Waals surface area contributed by atoms with Gasteiger partial charge >= 0.3 is 5.97 Å². The molecule has 8 nitrogen and oxygen atoms in total. The van der Waals surface area contributed by atoms with E-state index in [-0.39, 0.29) is 29.8 Å². The summed E-state index contributed by atoms with van der Waals surface area (Å²) >= 11 is 0. The third kappa shape index (κ3) is 4.04. The zero-order valence-electron chi connectivity index (χ0n) is 14.5. The average molecular weight is 379 g/mol. The molecule has 9 heteroatoms. The first-order chi connectivity index (χ1) is 12.4. The Morgan fingerprint density at radius 3 is 2.88 bits per heavy atom. The van der Waals surface area contributed by atoms with Crippen molar-refractivity contribution in [3.63, 3.8) is 0 Å². The first kappa shape index (κ1) is 18.4. The molecule has 1 N–H and O–H groups in total. The third-order valence-corrected chi connectivity index (χ3v) is 5.79. The first-order valence-electron chi connectivity index (χ1n) is 8.47. The lowest BCUT2D eigenvalue weighted by atomic mass is 10.0. The lowest BCUT2D eigenvalue weighted by Gasteiger charge is -2.30. The molecular formula is C17H21N3O5S. The summed E-state index contributed by atoms with van der Waals surface area (Å²) in [5.74, 6) is -0.344. The van der Waals surface area contributed by atoms with Crippen LogP contribution in [0.25, 0.3) is 0 Å². The number of hydrogen-bond donors (Lipinski definition) is 1. The van der Waals surface area contributed by atoms with E-state index in [1.165, 1.54) is 6.07 Å². The number of piperidine rings is 1. The number of benzene rings is 1. The van der Waals surface area contributed by atoms with Crippen molar-refractivity contribution in [2.24, 2.45) is 10.9 Å². The van der Waals surface area contributed by atoms with Crippen molar-refractivity contribution < 1.29 is 22.7 Å². The second kappa shape index (κ2) is 7.45. The predicted octanol–water partition coefficient (Wildman–Crippen LogP) is 0.527. The molecule has 1 aromatic carbocycles. The maximum absolute atomic E-state index is 12.1. The minimum Gasteiger partial charge on any atom is -0.454 e. The second-order valence-electron chi connectivity index (χ2n) is 6.51. The molecule has 1 fully saturated rings. The number of rotatable bonds is 4. The molecule has 0 aliphatic carbocycles. The molecule has 1 amide bonds. The predicted molar refractivity (Wildman–Crippen MR) is 94.1 cm³/mol. The molecule has 2 aliphatic heterocycles. The van der Waals surface area contributed by atoms with Crippen LogP contribution in [0.1, 0.15) is 25.3 Å². The highest BCUT2D eigenvalue weighted by Gasteiger charge is 2.30. The topological polar surface area (TPSA) is 105 Å². The normalized spacial score (nSPS) is 22.6. The number of fused-ring (bicyclic) bond motifs is 1. The zero-order valence-corrected chi connectivity index (χ0v) is 15.3. The SMILES string of the molecule is C[C@@H]1CCCN(C(=O)COC(=O)CN=C2NS(=O)(=O)c3ccccc32)C1. The van der Waals surface area contributed by atoms with E-state index in [4.69, 9.17) is 4.74 Å². The fourth-order valence-corrected chi connectivity index (χ4v) is 4.34. The molecule has 1 aromatic rings. The van der Waals surface area contributed by atoms with Gasteiger partial charge in [0, 0.05) is 18.7 Å². The van der Waals surface area contributed by atoms with Gasteiger partial charge in [0.25, 0.3) is 15.9 Å². The fourth-order valence-electron chi connectivity index (χ4n) is 3.09. The summed E-state index contributed by atoms with van der Waals surface area (Å²) < 4.78 is 31.2. The standard InChI is InChI=1S/C17H21N3O5S/c1-12-5-4-8-20(10-12)15(21)11-25-16(22)9-18-17-13-6-2-3-7-14(13)26(23,24)19-17/h2-3,6-7,12H,4-5,8-11H2,1H3,(H,18,19)/t12-/m1/s1. The van der Waals surface area contributed by atoms with Gasteiger partial charge in [-0.25, -0.2) is 8.42 Å². The number of carbonyl (C=O) groups is 2. The molecule has 3 rings (SSSR count). The lowest BCUT2D eigenvalue weighted by molar-refractivity contribution is -0.151. The van der Waals surface area contributed by atoms with E-state index in [0.29, 0.717) is 24.6 Å². The number of carbonyl (C=O) groups excluding carboxylic acids is 2. The van der Waals surface area contributed by atoms with Gasteiger partial charge in [0.2, 0.25) is 0 Å². The third-order valence-electron chi connectivity index (χ3n) is 4.40. The average Bonchev–Trinajstić information content (AvgIpc) is 2.89. The quantitative estimate of drug-likeness (QED) is 0.768. The largest absolute Gasteiger partial charge is 0.454 e. The van der Waals surface area contributed by atoms with E-state index < -0.39 is 16.0 Å². The Balaban J connectivity index is 1.55. The molecule has 0 unspecified atom stereocenters. The van der Waals surface area contributed by atoms with Gasteiger partial charge in [0.05, 0.1) is 4.90 Å². The van der Waals surface area contributed by atoms with Crippen LogP contribution in [0.15, 0.2) is 34.2 Å². The molecule has 2 aliphatic rings. The summed E-state index contributed by atoms with van der Waals surface area (Å²) in [6, 6.07) is 6.38. The highest BCUT2D eigenvalue weighted by Crippen LogP contribution is 2.22. The summed E-state index contributed by atoms with van der Waals surface area (Å²) in [6.07, 6.45) is 2.05. The lowest BCUT2D eigenvalue weighted by Crippen LogP contribution is -2.41. The van der Waals surface area contributed by atoms with Crippen LogP contribution in [0.4, 0.5) is 0 Å². The van der Waals surface area contributed by atoms with Crippen LogP contribution in [0.5, 0.6) is 0 Å². The van der Waals surface area contributed by atoms with Crippen LogP contribution in [-0.4, -0.2) is 57.3 Å². The maximum atomic E-state index is 12.1. The summed E-state index contributed by atoms with van der Waals surface area (Å²) in [5, 5.41) is 0. The van der Waals surface area contributed by atoms with Crippen LogP contribution >= 0.6 is 0 Å². The Hall–Kier alpha value is -2.42. The van der Waals surface area contributed by atoms with Crippen molar-refractivity contribution in [1.82, 2.24) is 9.62 Å². The van der Waals surface area contributed by atoms with Gasteiger partial charge in [-0.1, -0.05) is 19.1 Å². The molecule has 1 saturated heterocycles.